The Labute approximate surface area is 172 Å². The molecule has 6 heteroatoms. The van der Waals surface area contributed by atoms with E-state index in [0.717, 1.165) is 18.8 Å². The lowest BCUT2D eigenvalue weighted by atomic mass is 9.78. The normalized spacial score (nSPS) is 18.6. The molecule has 0 aromatic heterocycles. The smallest absolute Gasteiger partial charge is 0.178 e. The molecule has 1 fully saturated rings. The molecule has 0 spiro atoms. The predicted molar refractivity (Wildman–Crippen MR) is 105 cm³/mol. The number of rotatable bonds is 3. The van der Waals surface area contributed by atoms with Crippen LogP contribution in [-0.2, 0) is 0 Å². The Morgan fingerprint density at radius 3 is 2.00 bits per heavy atom. The highest BCUT2D eigenvalue weighted by atomic mass is 32.2. The maximum atomic E-state index is 14.1. The van der Waals surface area contributed by atoms with Gasteiger partial charge in [0.15, 0.2) is 23.3 Å². The van der Waals surface area contributed by atoms with E-state index in [1.165, 1.54) is 30.2 Å². The van der Waals surface area contributed by atoms with Crippen molar-refractivity contribution in [3.05, 3.63) is 64.2 Å². The molecule has 0 atom stereocenters. The average molecular weight is 417 g/mol. The fraction of sp³-hybridized carbons (Fsp3) is 0.348. The van der Waals surface area contributed by atoms with Crippen molar-refractivity contribution in [3.63, 3.8) is 0 Å². The molecule has 1 saturated carbocycles. The molecule has 150 valence electrons. The zero-order valence-electron chi connectivity index (χ0n) is 15.9. The number of nitrogens with zero attached hydrogens (tertiary/aromatic N) is 1. The molecule has 0 amide bonds. The molecule has 3 rings (SSSR count). The molecule has 0 saturated heterocycles. The van der Waals surface area contributed by atoms with Gasteiger partial charge in [-0.05, 0) is 67.0 Å². The van der Waals surface area contributed by atoms with Gasteiger partial charge in [-0.25, -0.2) is 17.6 Å². The van der Waals surface area contributed by atoms with Gasteiger partial charge in [0, 0.05) is 5.56 Å². The summed E-state index contributed by atoms with van der Waals surface area (Å²) < 4.78 is 56.0. The van der Waals surface area contributed by atoms with E-state index >= 15 is 0 Å². The van der Waals surface area contributed by atoms with Gasteiger partial charge >= 0.3 is 0 Å². The summed E-state index contributed by atoms with van der Waals surface area (Å²) in [6.07, 6.45) is 5.94. The van der Waals surface area contributed by atoms with E-state index in [1.807, 2.05) is 12.1 Å². The van der Waals surface area contributed by atoms with E-state index in [0.29, 0.717) is 11.5 Å². The van der Waals surface area contributed by atoms with Gasteiger partial charge in [-0.3, -0.25) is 0 Å². The fourth-order valence-electron chi connectivity index (χ4n) is 3.73. The number of hydrogen-bond donors (Lipinski definition) is 0. The van der Waals surface area contributed by atoms with E-state index in [2.05, 4.69) is 18.8 Å². The van der Waals surface area contributed by atoms with Gasteiger partial charge in [0.05, 0.1) is 4.90 Å². The molecule has 2 aromatic rings. The summed E-state index contributed by atoms with van der Waals surface area (Å²) in [7, 11) is 0. The van der Waals surface area contributed by atoms with Crippen molar-refractivity contribution in [2.75, 3.05) is 0 Å². The Hall–Kier alpha value is -2.44. The van der Waals surface area contributed by atoms with Crippen LogP contribution in [0.25, 0.3) is 0 Å². The molecule has 2 aromatic carbocycles. The Morgan fingerprint density at radius 2 is 1.48 bits per heavy atom. The summed E-state index contributed by atoms with van der Waals surface area (Å²) in [4.78, 5) is -1.00. The van der Waals surface area contributed by atoms with Crippen molar-refractivity contribution in [3.8, 4) is 17.2 Å². The molecule has 0 bridgehead atoms. The SMILES string of the molecule is CCC1CCC(c2ccc(C#Cc3c(F)c(F)c(SC#N)c(F)c3F)cc2)CC1. The molecule has 1 aliphatic carbocycles. The van der Waals surface area contributed by atoms with E-state index < -0.39 is 33.7 Å². The summed E-state index contributed by atoms with van der Waals surface area (Å²) in [6, 6.07) is 7.39. The van der Waals surface area contributed by atoms with Crippen molar-refractivity contribution in [1.29, 1.82) is 5.26 Å². The molecular formula is C23H19F4NS. The average Bonchev–Trinajstić information content (AvgIpc) is 2.76. The predicted octanol–water partition coefficient (Wildman–Crippen LogP) is 6.90. The van der Waals surface area contributed by atoms with E-state index in [-0.39, 0.29) is 11.8 Å². The Morgan fingerprint density at radius 1 is 0.897 bits per heavy atom. The van der Waals surface area contributed by atoms with Gasteiger partial charge in [-0.15, -0.1) is 0 Å². The van der Waals surface area contributed by atoms with Gasteiger partial charge in [-0.1, -0.05) is 37.3 Å². The van der Waals surface area contributed by atoms with Crippen LogP contribution < -0.4 is 0 Å². The largest absolute Gasteiger partial charge is 0.202 e. The molecule has 1 nitrogen and oxygen atoms in total. The summed E-state index contributed by atoms with van der Waals surface area (Å²) in [5.74, 6) is -0.367. The van der Waals surface area contributed by atoms with Gasteiger partial charge < -0.3 is 0 Å². The summed E-state index contributed by atoms with van der Waals surface area (Å²) >= 11 is 0.0239. The highest BCUT2D eigenvalue weighted by Gasteiger charge is 2.25. The molecule has 0 heterocycles. The van der Waals surface area contributed by atoms with Crippen LogP contribution in [0.2, 0.25) is 0 Å². The van der Waals surface area contributed by atoms with Crippen molar-refractivity contribution in [2.24, 2.45) is 5.92 Å². The summed E-state index contributed by atoms with van der Waals surface area (Å²) in [5.41, 5.74) is 0.716. The zero-order chi connectivity index (χ0) is 21.0. The first kappa shape index (κ1) is 21.3. The minimum Gasteiger partial charge on any atom is -0.202 e. The molecule has 0 radical (unpaired) electrons. The van der Waals surface area contributed by atoms with Gasteiger partial charge in [0.2, 0.25) is 0 Å². The highest BCUT2D eigenvalue weighted by Crippen LogP contribution is 2.37. The van der Waals surface area contributed by atoms with Crippen molar-refractivity contribution in [2.45, 2.75) is 49.8 Å². The van der Waals surface area contributed by atoms with E-state index in [1.54, 1.807) is 12.1 Å². The lowest BCUT2D eigenvalue weighted by Crippen LogP contribution is -2.12. The lowest BCUT2D eigenvalue weighted by molar-refractivity contribution is 0.319. The maximum absolute atomic E-state index is 14.1. The van der Waals surface area contributed by atoms with Crippen molar-refractivity contribution < 1.29 is 17.6 Å². The molecule has 0 unspecified atom stereocenters. The number of nitriles is 1. The lowest BCUT2D eigenvalue weighted by Gasteiger charge is -2.28. The minimum absolute atomic E-state index is 0.0239. The third-order valence-electron chi connectivity index (χ3n) is 5.51. The number of thiocyanates is 1. The maximum Gasteiger partial charge on any atom is 0.178 e. The van der Waals surface area contributed by atoms with Gasteiger partial charge in [0.1, 0.15) is 11.0 Å². The molecular weight excluding hydrogens is 398 g/mol. The monoisotopic (exact) mass is 417 g/mol. The summed E-state index contributed by atoms with van der Waals surface area (Å²) in [6.45, 7) is 2.22. The second-order valence-corrected chi connectivity index (χ2v) is 7.95. The molecule has 0 N–H and O–H groups in total. The first-order chi connectivity index (χ1) is 14.0. The third-order valence-corrected chi connectivity index (χ3v) is 6.16. The number of thioether (sulfide) groups is 1. The van der Waals surface area contributed by atoms with E-state index in [4.69, 9.17) is 5.26 Å². The Bertz CT molecular complexity index is 962. The van der Waals surface area contributed by atoms with Crippen molar-refractivity contribution in [1.82, 2.24) is 0 Å². The second-order valence-electron chi connectivity index (χ2n) is 7.15. The minimum atomic E-state index is -1.61. The van der Waals surface area contributed by atoms with Crippen LogP contribution in [0.1, 0.15) is 61.6 Å². The first-order valence-electron chi connectivity index (χ1n) is 9.50. The number of halogens is 4. The fourth-order valence-corrected chi connectivity index (χ4v) is 4.18. The van der Waals surface area contributed by atoms with Crippen LogP contribution in [0.4, 0.5) is 17.6 Å². The van der Waals surface area contributed by atoms with Crippen LogP contribution in [0.5, 0.6) is 0 Å². The van der Waals surface area contributed by atoms with Gasteiger partial charge in [0.25, 0.3) is 0 Å². The molecule has 29 heavy (non-hydrogen) atoms. The Kier molecular flexibility index (Phi) is 6.87. The van der Waals surface area contributed by atoms with Crippen LogP contribution in [-0.4, -0.2) is 0 Å². The van der Waals surface area contributed by atoms with Crippen LogP contribution in [0.15, 0.2) is 29.2 Å². The van der Waals surface area contributed by atoms with Crippen LogP contribution in [0, 0.1) is 51.7 Å². The van der Waals surface area contributed by atoms with Crippen LogP contribution in [0.3, 0.4) is 0 Å². The van der Waals surface area contributed by atoms with E-state index in [9.17, 15) is 17.6 Å². The highest BCUT2D eigenvalue weighted by molar-refractivity contribution is 8.03. The zero-order valence-corrected chi connectivity index (χ0v) is 16.7. The van der Waals surface area contributed by atoms with Crippen LogP contribution >= 0.6 is 11.8 Å². The molecule has 0 aliphatic heterocycles. The standard InChI is InChI=1S/C23H19F4NS/c1-2-14-3-8-16(9-4-14)17-10-5-15(6-11-17)7-12-18-19(24)21(26)23(29-13-28)22(27)20(18)25/h5-6,10-11,14,16H,2-4,8-9H2,1H3. The van der Waals surface area contributed by atoms with Gasteiger partial charge in [-0.2, -0.15) is 5.26 Å². The first-order valence-corrected chi connectivity index (χ1v) is 10.3. The number of benzene rings is 2. The van der Waals surface area contributed by atoms with Crippen molar-refractivity contribution >= 4 is 11.8 Å². The second kappa shape index (κ2) is 9.37. The number of hydrogen-bond acceptors (Lipinski definition) is 2. The topological polar surface area (TPSA) is 23.8 Å². The Balaban J connectivity index is 1.81. The summed E-state index contributed by atoms with van der Waals surface area (Å²) in [5, 5.41) is 9.92. The molecule has 1 aliphatic rings. The third kappa shape index (κ3) is 4.60. The quantitative estimate of drug-likeness (QED) is 0.178.